The second-order valence-electron chi connectivity index (χ2n) is 9.96. The van der Waals surface area contributed by atoms with Crippen molar-refractivity contribution in [3.8, 4) is 0 Å². The first-order valence-electron chi connectivity index (χ1n) is 13.5. The predicted octanol–water partition coefficient (Wildman–Crippen LogP) is 5.48. The van der Waals surface area contributed by atoms with Crippen LogP contribution >= 0.6 is 11.8 Å². The molecular formula is C29H36FN5O2S. The van der Waals surface area contributed by atoms with Crippen molar-refractivity contribution < 1.29 is 9.18 Å². The van der Waals surface area contributed by atoms with E-state index < -0.39 is 0 Å². The average molecular weight is 538 g/mol. The normalized spacial score (nSPS) is 17.3. The lowest BCUT2D eigenvalue weighted by molar-refractivity contribution is -0.126. The molecule has 9 heteroatoms. The maximum absolute atomic E-state index is 13.3. The molecule has 1 saturated carbocycles. The van der Waals surface area contributed by atoms with Gasteiger partial charge in [-0.2, -0.15) is 4.98 Å². The maximum Gasteiger partial charge on any atom is 0.277 e. The Morgan fingerprint density at radius 2 is 1.79 bits per heavy atom. The monoisotopic (exact) mass is 537 g/mol. The van der Waals surface area contributed by atoms with Crippen LogP contribution in [0.1, 0.15) is 81.0 Å². The van der Waals surface area contributed by atoms with E-state index in [1.54, 1.807) is 24.5 Å². The van der Waals surface area contributed by atoms with Crippen LogP contribution in [0, 0.1) is 11.7 Å². The molecule has 1 amide bonds. The molecule has 0 radical (unpaired) electrons. The number of aromatic nitrogens is 4. The highest BCUT2D eigenvalue weighted by molar-refractivity contribution is 7.98. The number of halogens is 1. The third kappa shape index (κ3) is 7.96. The summed E-state index contributed by atoms with van der Waals surface area (Å²) in [6.07, 6.45) is 15.1. The zero-order valence-electron chi connectivity index (χ0n) is 21.9. The maximum atomic E-state index is 13.3. The lowest BCUT2D eigenvalue weighted by Gasteiger charge is -2.31. The molecular weight excluding hydrogens is 501 g/mol. The largest absolute Gasteiger partial charge is 0.356 e. The first-order chi connectivity index (χ1) is 18.5. The van der Waals surface area contributed by atoms with Gasteiger partial charge in [-0.3, -0.25) is 9.59 Å². The number of amides is 1. The predicted molar refractivity (Wildman–Crippen MR) is 147 cm³/mol. The summed E-state index contributed by atoms with van der Waals surface area (Å²) in [5.74, 6) is 0.494. The fraction of sp³-hybridized carbons (Fsp3) is 0.483. The first-order valence-corrected chi connectivity index (χ1v) is 14.5. The topological polar surface area (TPSA) is 89.8 Å². The second kappa shape index (κ2) is 14.2. The quantitative estimate of drug-likeness (QED) is 0.187. The summed E-state index contributed by atoms with van der Waals surface area (Å²) in [5, 5.41) is 3.77. The SMILES string of the molecule is CCCCCCNC(=O)C1CCC(n2cc(Cc3cncnc3)c(=O)nc2SCc2ccc(F)cc2)CC1. The van der Waals surface area contributed by atoms with Crippen molar-refractivity contribution in [2.75, 3.05) is 6.54 Å². The summed E-state index contributed by atoms with van der Waals surface area (Å²) >= 11 is 1.48. The summed E-state index contributed by atoms with van der Waals surface area (Å²) < 4.78 is 15.5. The molecule has 0 bridgehead atoms. The van der Waals surface area contributed by atoms with Gasteiger partial charge in [-0.05, 0) is 55.4 Å². The molecule has 1 N–H and O–H groups in total. The number of carbonyl (C=O) groups excluding carboxylic acids is 1. The summed E-state index contributed by atoms with van der Waals surface area (Å²) in [5.41, 5.74) is 2.15. The highest BCUT2D eigenvalue weighted by Gasteiger charge is 2.28. The van der Waals surface area contributed by atoms with E-state index in [2.05, 4.69) is 31.8 Å². The molecule has 1 aliphatic carbocycles. The molecule has 0 aliphatic heterocycles. The van der Waals surface area contributed by atoms with E-state index in [0.717, 1.165) is 56.2 Å². The van der Waals surface area contributed by atoms with Gasteiger partial charge in [0.05, 0.1) is 0 Å². The van der Waals surface area contributed by atoms with Gasteiger partial charge in [0.15, 0.2) is 5.16 Å². The van der Waals surface area contributed by atoms with Gasteiger partial charge in [-0.25, -0.2) is 14.4 Å². The van der Waals surface area contributed by atoms with Crippen LogP contribution in [0.15, 0.2) is 59.1 Å². The number of unbranched alkanes of at least 4 members (excludes halogenated alkanes) is 3. The Kier molecular flexibility index (Phi) is 10.4. The van der Waals surface area contributed by atoms with Crippen LogP contribution in [0.3, 0.4) is 0 Å². The molecule has 7 nitrogen and oxygen atoms in total. The molecule has 0 unspecified atom stereocenters. The second-order valence-corrected chi connectivity index (χ2v) is 10.9. The smallest absolute Gasteiger partial charge is 0.277 e. The Morgan fingerprint density at radius 1 is 1.05 bits per heavy atom. The molecule has 1 aromatic carbocycles. The van der Waals surface area contributed by atoms with Gasteiger partial charge in [-0.15, -0.1) is 0 Å². The summed E-state index contributed by atoms with van der Waals surface area (Å²) in [4.78, 5) is 38.3. The van der Waals surface area contributed by atoms with Crippen molar-refractivity contribution in [2.24, 2.45) is 5.92 Å². The molecule has 3 aromatic rings. The van der Waals surface area contributed by atoms with Gasteiger partial charge in [0, 0.05) is 54.8 Å². The molecule has 2 aromatic heterocycles. The first kappa shape index (κ1) is 28.0. The number of thioether (sulfide) groups is 1. The highest BCUT2D eigenvalue weighted by Crippen LogP contribution is 2.35. The minimum absolute atomic E-state index is 0.0287. The summed E-state index contributed by atoms with van der Waals surface area (Å²) in [6, 6.07) is 6.54. The van der Waals surface area contributed by atoms with Crippen LogP contribution in [-0.2, 0) is 17.0 Å². The fourth-order valence-corrected chi connectivity index (χ4v) is 5.86. The molecule has 0 saturated heterocycles. The van der Waals surface area contributed by atoms with Gasteiger partial charge in [-0.1, -0.05) is 50.1 Å². The summed E-state index contributed by atoms with van der Waals surface area (Å²) in [7, 11) is 0. The zero-order valence-corrected chi connectivity index (χ0v) is 22.8. The van der Waals surface area contributed by atoms with E-state index in [0.29, 0.717) is 22.9 Å². The van der Waals surface area contributed by atoms with E-state index in [1.807, 2.05) is 6.20 Å². The molecule has 0 spiro atoms. The average Bonchev–Trinajstić information content (AvgIpc) is 2.94. The number of nitrogens with zero attached hydrogens (tertiary/aromatic N) is 4. The molecule has 2 heterocycles. The third-order valence-corrected chi connectivity index (χ3v) is 8.11. The van der Waals surface area contributed by atoms with E-state index in [-0.39, 0.29) is 29.2 Å². The van der Waals surface area contributed by atoms with Crippen molar-refractivity contribution in [1.29, 1.82) is 0 Å². The van der Waals surface area contributed by atoms with Gasteiger partial charge in [0.2, 0.25) is 5.91 Å². The number of nitrogens with one attached hydrogen (secondary N) is 1. The Morgan fingerprint density at radius 3 is 2.50 bits per heavy atom. The fourth-order valence-electron chi connectivity index (χ4n) is 4.88. The third-order valence-electron chi connectivity index (χ3n) is 7.07. The molecule has 1 aliphatic rings. The lowest BCUT2D eigenvalue weighted by atomic mass is 9.85. The van der Waals surface area contributed by atoms with Crippen molar-refractivity contribution >= 4 is 17.7 Å². The van der Waals surface area contributed by atoms with E-state index in [9.17, 15) is 14.0 Å². The molecule has 1 fully saturated rings. The number of hydrogen-bond acceptors (Lipinski definition) is 6. The molecule has 202 valence electrons. The van der Waals surface area contributed by atoms with Crippen LogP contribution < -0.4 is 10.9 Å². The van der Waals surface area contributed by atoms with Crippen LogP contribution in [-0.4, -0.2) is 32.0 Å². The number of hydrogen-bond donors (Lipinski definition) is 1. The van der Waals surface area contributed by atoms with Crippen molar-refractivity contribution in [2.45, 2.75) is 81.7 Å². The van der Waals surface area contributed by atoms with Gasteiger partial charge >= 0.3 is 0 Å². The Labute approximate surface area is 227 Å². The van der Waals surface area contributed by atoms with E-state index >= 15 is 0 Å². The number of carbonyl (C=O) groups is 1. The van der Waals surface area contributed by atoms with Gasteiger partial charge < -0.3 is 9.88 Å². The minimum atomic E-state index is -0.273. The lowest BCUT2D eigenvalue weighted by Crippen LogP contribution is -2.34. The van der Waals surface area contributed by atoms with E-state index in [1.165, 1.54) is 43.1 Å². The molecule has 0 atom stereocenters. The van der Waals surface area contributed by atoms with Gasteiger partial charge in [0.1, 0.15) is 12.1 Å². The molecule has 4 rings (SSSR count). The summed E-state index contributed by atoms with van der Waals surface area (Å²) in [6.45, 7) is 2.93. The number of rotatable bonds is 12. The molecule has 38 heavy (non-hydrogen) atoms. The Balaban J connectivity index is 1.46. The van der Waals surface area contributed by atoms with Crippen molar-refractivity contribution in [3.63, 3.8) is 0 Å². The van der Waals surface area contributed by atoms with E-state index in [4.69, 9.17) is 0 Å². The standard InChI is InChI=1S/C29H36FN5O2S/c1-2-3-4-5-14-33-27(36)23-8-12-26(13-9-23)35-18-24(15-22-16-31-20-32-17-22)28(37)34-29(35)38-19-21-6-10-25(30)11-7-21/h6-7,10-11,16-18,20,23,26H,2-5,8-9,12-15,19H2,1H3,(H,33,36). The van der Waals surface area contributed by atoms with Crippen LogP contribution in [0.5, 0.6) is 0 Å². The minimum Gasteiger partial charge on any atom is -0.356 e. The van der Waals surface area contributed by atoms with Crippen molar-refractivity contribution in [3.05, 3.63) is 82.0 Å². The van der Waals surface area contributed by atoms with Crippen LogP contribution in [0.25, 0.3) is 0 Å². The van der Waals surface area contributed by atoms with Crippen LogP contribution in [0.4, 0.5) is 4.39 Å². The van der Waals surface area contributed by atoms with Crippen LogP contribution in [0.2, 0.25) is 0 Å². The zero-order chi connectivity index (χ0) is 26.7. The Hall–Kier alpha value is -3.07. The highest BCUT2D eigenvalue weighted by atomic mass is 32.2. The van der Waals surface area contributed by atoms with Crippen molar-refractivity contribution in [1.82, 2.24) is 24.8 Å². The number of benzene rings is 1. The van der Waals surface area contributed by atoms with Gasteiger partial charge in [0.25, 0.3) is 5.56 Å². The Bertz CT molecular complexity index is 1230.